The van der Waals surface area contributed by atoms with Crippen LogP contribution in [0.15, 0.2) is 48.5 Å². The lowest BCUT2D eigenvalue weighted by Crippen LogP contribution is -2.48. The fraction of sp³-hybridized carbons (Fsp3) is 0.350. The molecule has 4 heteroatoms. The second-order valence-electron chi connectivity index (χ2n) is 6.35. The van der Waals surface area contributed by atoms with Crippen molar-refractivity contribution >= 4 is 17.5 Å². The molecule has 3 nitrogen and oxygen atoms in total. The maximum absolute atomic E-state index is 11.4. The Labute approximate surface area is 148 Å². The zero-order valence-corrected chi connectivity index (χ0v) is 15.0. The molecule has 0 saturated carbocycles. The van der Waals surface area contributed by atoms with Gasteiger partial charge in [0.2, 0.25) is 5.91 Å². The van der Waals surface area contributed by atoms with Crippen LogP contribution in [0.5, 0.6) is 0 Å². The van der Waals surface area contributed by atoms with Gasteiger partial charge in [-0.05, 0) is 35.7 Å². The van der Waals surface area contributed by atoms with Gasteiger partial charge in [0.15, 0.2) is 0 Å². The van der Waals surface area contributed by atoms with Crippen molar-refractivity contribution in [2.45, 2.75) is 19.9 Å². The van der Waals surface area contributed by atoms with E-state index in [1.54, 1.807) is 6.92 Å². The average molecular weight is 343 g/mol. The Morgan fingerprint density at radius 3 is 1.92 bits per heavy atom. The quantitative estimate of drug-likeness (QED) is 0.833. The van der Waals surface area contributed by atoms with E-state index in [4.69, 9.17) is 11.6 Å². The molecule has 1 unspecified atom stereocenters. The summed E-state index contributed by atoms with van der Waals surface area (Å²) < 4.78 is 0. The molecule has 24 heavy (non-hydrogen) atoms. The lowest BCUT2D eigenvalue weighted by atomic mass is 10.0. The summed E-state index contributed by atoms with van der Waals surface area (Å²) in [5.74, 6) is 0.176. The summed E-state index contributed by atoms with van der Waals surface area (Å²) in [6.45, 7) is 7.39. The van der Waals surface area contributed by atoms with Crippen LogP contribution < -0.4 is 0 Å². The molecule has 1 saturated heterocycles. The van der Waals surface area contributed by atoms with Crippen LogP contribution in [0.2, 0.25) is 5.02 Å². The summed E-state index contributed by atoms with van der Waals surface area (Å²) >= 11 is 5.95. The van der Waals surface area contributed by atoms with Gasteiger partial charge in [0.05, 0.1) is 0 Å². The van der Waals surface area contributed by atoms with Crippen molar-refractivity contribution in [3.63, 3.8) is 0 Å². The van der Waals surface area contributed by atoms with Crippen LogP contribution in [0.3, 0.4) is 0 Å². The molecule has 1 atom stereocenters. The Morgan fingerprint density at radius 2 is 1.42 bits per heavy atom. The molecule has 0 aliphatic carbocycles. The first-order chi connectivity index (χ1) is 11.5. The standard InChI is InChI=1S/C20H23ClN2O/c1-15(22-11-13-23(14-12-22)16(2)24)17-3-5-18(6-4-17)19-7-9-20(21)10-8-19/h3-10,15H,11-14H2,1-2H3. The third-order valence-corrected chi connectivity index (χ3v) is 5.13. The number of nitrogens with zero attached hydrogens (tertiary/aromatic N) is 2. The Balaban J connectivity index is 1.67. The van der Waals surface area contributed by atoms with Crippen LogP contribution in [0.4, 0.5) is 0 Å². The number of benzene rings is 2. The molecule has 0 aromatic heterocycles. The normalized spacial score (nSPS) is 16.9. The van der Waals surface area contributed by atoms with Gasteiger partial charge in [-0.1, -0.05) is 48.0 Å². The highest BCUT2D eigenvalue weighted by Crippen LogP contribution is 2.26. The fourth-order valence-corrected chi connectivity index (χ4v) is 3.36. The second-order valence-corrected chi connectivity index (χ2v) is 6.78. The van der Waals surface area contributed by atoms with Crippen molar-refractivity contribution in [3.05, 3.63) is 59.1 Å². The number of hydrogen-bond donors (Lipinski definition) is 0. The van der Waals surface area contributed by atoms with E-state index in [9.17, 15) is 4.79 Å². The minimum absolute atomic E-state index is 0.176. The van der Waals surface area contributed by atoms with Crippen molar-refractivity contribution < 1.29 is 4.79 Å². The maximum atomic E-state index is 11.4. The maximum Gasteiger partial charge on any atom is 0.219 e. The summed E-state index contributed by atoms with van der Waals surface area (Å²) in [5, 5.41) is 0.758. The minimum atomic E-state index is 0.176. The number of piperazine rings is 1. The van der Waals surface area contributed by atoms with E-state index in [2.05, 4.69) is 36.1 Å². The van der Waals surface area contributed by atoms with E-state index in [-0.39, 0.29) is 5.91 Å². The SMILES string of the molecule is CC(=O)N1CCN(C(C)c2ccc(-c3ccc(Cl)cc3)cc2)CC1. The molecule has 2 aromatic rings. The van der Waals surface area contributed by atoms with Gasteiger partial charge >= 0.3 is 0 Å². The molecule has 0 spiro atoms. The van der Waals surface area contributed by atoms with E-state index >= 15 is 0 Å². The van der Waals surface area contributed by atoms with Gasteiger partial charge in [-0.25, -0.2) is 0 Å². The van der Waals surface area contributed by atoms with Crippen LogP contribution in [0.25, 0.3) is 11.1 Å². The van der Waals surface area contributed by atoms with Gasteiger partial charge in [0, 0.05) is 44.2 Å². The van der Waals surface area contributed by atoms with Crippen molar-refractivity contribution in [1.82, 2.24) is 9.80 Å². The molecule has 1 amide bonds. The topological polar surface area (TPSA) is 23.6 Å². The largest absolute Gasteiger partial charge is 0.340 e. The first kappa shape index (κ1) is 17.0. The van der Waals surface area contributed by atoms with Crippen molar-refractivity contribution in [3.8, 4) is 11.1 Å². The van der Waals surface area contributed by atoms with Crippen LogP contribution >= 0.6 is 11.6 Å². The van der Waals surface area contributed by atoms with Gasteiger partial charge in [-0.15, -0.1) is 0 Å². The third kappa shape index (κ3) is 3.80. The molecule has 1 heterocycles. The molecule has 0 bridgehead atoms. The van der Waals surface area contributed by atoms with Gasteiger partial charge in [0.1, 0.15) is 0 Å². The van der Waals surface area contributed by atoms with Crippen LogP contribution in [0.1, 0.15) is 25.5 Å². The molecule has 0 radical (unpaired) electrons. The molecule has 126 valence electrons. The molecular formula is C20H23ClN2O. The minimum Gasteiger partial charge on any atom is -0.340 e. The highest BCUT2D eigenvalue weighted by atomic mass is 35.5. The summed E-state index contributed by atoms with van der Waals surface area (Å²) in [5.41, 5.74) is 3.68. The van der Waals surface area contributed by atoms with Crippen molar-refractivity contribution in [2.75, 3.05) is 26.2 Å². The molecule has 0 N–H and O–H groups in total. The fourth-order valence-electron chi connectivity index (χ4n) is 3.23. The summed E-state index contributed by atoms with van der Waals surface area (Å²) in [4.78, 5) is 15.8. The van der Waals surface area contributed by atoms with Gasteiger partial charge in [-0.3, -0.25) is 9.69 Å². The highest BCUT2D eigenvalue weighted by molar-refractivity contribution is 6.30. The average Bonchev–Trinajstić information content (AvgIpc) is 2.62. The first-order valence-electron chi connectivity index (χ1n) is 8.40. The first-order valence-corrected chi connectivity index (χ1v) is 8.78. The summed E-state index contributed by atoms with van der Waals surface area (Å²) in [6, 6.07) is 17.0. The number of carbonyl (C=O) groups is 1. The summed E-state index contributed by atoms with van der Waals surface area (Å²) in [6.07, 6.45) is 0. The predicted octanol–water partition coefficient (Wildman–Crippen LogP) is 4.23. The smallest absolute Gasteiger partial charge is 0.219 e. The molecule has 2 aromatic carbocycles. The number of amides is 1. The van der Waals surface area contributed by atoms with Gasteiger partial charge < -0.3 is 4.90 Å². The number of carbonyl (C=O) groups excluding carboxylic acids is 1. The Kier molecular flexibility index (Phi) is 5.22. The zero-order chi connectivity index (χ0) is 17.1. The molecule has 3 rings (SSSR count). The van der Waals surface area contributed by atoms with E-state index in [0.717, 1.165) is 31.2 Å². The number of hydrogen-bond acceptors (Lipinski definition) is 2. The summed E-state index contributed by atoms with van der Waals surface area (Å²) in [7, 11) is 0. The Morgan fingerprint density at radius 1 is 0.917 bits per heavy atom. The van der Waals surface area contributed by atoms with Crippen LogP contribution in [-0.2, 0) is 4.79 Å². The van der Waals surface area contributed by atoms with E-state index < -0.39 is 0 Å². The number of halogens is 1. The third-order valence-electron chi connectivity index (χ3n) is 4.88. The van der Waals surface area contributed by atoms with Gasteiger partial charge in [-0.2, -0.15) is 0 Å². The Bertz CT molecular complexity index is 689. The molecule has 1 aliphatic heterocycles. The van der Waals surface area contributed by atoms with Crippen LogP contribution in [0, 0.1) is 0 Å². The number of rotatable bonds is 3. The van der Waals surface area contributed by atoms with Crippen molar-refractivity contribution in [2.24, 2.45) is 0 Å². The second kappa shape index (κ2) is 7.37. The van der Waals surface area contributed by atoms with E-state index in [1.807, 2.05) is 29.2 Å². The van der Waals surface area contributed by atoms with E-state index in [0.29, 0.717) is 6.04 Å². The molecule has 1 fully saturated rings. The zero-order valence-electron chi connectivity index (χ0n) is 14.2. The van der Waals surface area contributed by atoms with E-state index in [1.165, 1.54) is 16.7 Å². The lowest BCUT2D eigenvalue weighted by molar-refractivity contribution is -0.130. The van der Waals surface area contributed by atoms with Gasteiger partial charge in [0.25, 0.3) is 0 Å². The monoisotopic (exact) mass is 342 g/mol. The molecular weight excluding hydrogens is 320 g/mol. The predicted molar refractivity (Wildman–Crippen MR) is 99.1 cm³/mol. The van der Waals surface area contributed by atoms with Crippen molar-refractivity contribution in [1.29, 1.82) is 0 Å². The lowest BCUT2D eigenvalue weighted by Gasteiger charge is -2.37. The molecule has 1 aliphatic rings. The van der Waals surface area contributed by atoms with Crippen LogP contribution in [-0.4, -0.2) is 41.9 Å². The highest BCUT2D eigenvalue weighted by Gasteiger charge is 2.23. The Hall–Kier alpha value is -1.84.